The summed E-state index contributed by atoms with van der Waals surface area (Å²) in [5.41, 5.74) is 6.56. The lowest BCUT2D eigenvalue weighted by molar-refractivity contribution is -0.123. The molecule has 1 aliphatic rings. The molecule has 0 spiro atoms. The fourth-order valence-corrected chi connectivity index (χ4v) is 1.47. The third-order valence-electron chi connectivity index (χ3n) is 3.07. The van der Waals surface area contributed by atoms with Gasteiger partial charge in [-0.3, -0.25) is 4.79 Å². The van der Waals surface area contributed by atoms with Gasteiger partial charge in [0.25, 0.3) is 5.91 Å². The maximum absolute atomic E-state index is 11.5. The molecule has 0 bridgehead atoms. The Balaban J connectivity index is 1.70. The number of nitrogens with two attached hydrogens (primary N) is 1. The van der Waals surface area contributed by atoms with E-state index in [1.165, 1.54) is 12.8 Å². The van der Waals surface area contributed by atoms with Gasteiger partial charge in [-0.15, -0.1) is 0 Å². The molecule has 0 radical (unpaired) electrons. The van der Waals surface area contributed by atoms with E-state index >= 15 is 0 Å². The normalized spacial score (nSPS) is 16.3. The Morgan fingerprint density at radius 2 is 2.06 bits per heavy atom. The largest absolute Gasteiger partial charge is 0.484 e. The molecule has 0 saturated heterocycles. The molecule has 4 heteroatoms. The fourth-order valence-electron chi connectivity index (χ4n) is 1.47. The van der Waals surface area contributed by atoms with Gasteiger partial charge in [0.05, 0.1) is 0 Å². The summed E-state index contributed by atoms with van der Waals surface area (Å²) >= 11 is 0. The molecule has 0 heterocycles. The van der Waals surface area contributed by atoms with Crippen molar-refractivity contribution in [3.05, 3.63) is 24.3 Å². The summed E-state index contributed by atoms with van der Waals surface area (Å²) < 4.78 is 5.34. The zero-order valence-corrected chi connectivity index (χ0v) is 10.0. The molecule has 1 saturated carbocycles. The Bertz CT molecular complexity index is 396. The van der Waals surface area contributed by atoms with Crippen molar-refractivity contribution in [2.24, 2.45) is 5.41 Å². The van der Waals surface area contributed by atoms with Crippen molar-refractivity contribution < 1.29 is 9.53 Å². The van der Waals surface area contributed by atoms with Crippen LogP contribution < -0.4 is 15.8 Å². The first-order valence-corrected chi connectivity index (χ1v) is 5.82. The molecular weight excluding hydrogens is 216 g/mol. The number of carbonyl (C=O) groups excluding carboxylic acids is 1. The standard InChI is InChI=1S/C13H18N2O2/c1-13(6-7-13)9-15-12(16)8-17-11-4-2-10(14)3-5-11/h2-5H,6-9,14H2,1H3,(H,15,16). The van der Waals surface area contributed by atoms with E-state index in [0.29, 0.717) is 16.9 Å². The van der Waals surface area contributed by atoms with E-state index in [-0.39, 0.29) is 12.5 Å². The molecule has 1 amide bonds. The average Bonchev–Trinajstić information content (AvgIpc) is 3.05. The molecular formula is C13H18N2O2. The van der Waals surface area contributed by atoms with E-state index in [1.807, 2.05) is 0 Å². The Hall–Kier alpha value is -1.71. The van der Waals surface area contributed by atoms with Gasteiger partial charge in [0, 0.05) is 12.2 Å². The van der Waals surface area contributed by atoms with Crippen LogP contribution in [0.15, 0.2) is 24.3 Å². The zero-order chi connectivity index (χ0) is 12.3. The maximum atomic E-state index is 11.5. The predicted molar refractivity (Wildman–Crippen MR) is 66.7 cm³/mol. The van der Waals surface area contributed by atoms with Crippen molar-refractivity contribution in [1.29, 1.82) is 0 Å². The molecule has 92 valence electrons. The number of ether oxygens (including phenoxy) is 1. The van der Waals surface area contributed by atoms with Crippen LogP contribution in [0, 0.1) is 5.41 Å². The van der Waals surface area contributed by atoms with E-state index in [0.717, 1.165) is 6.54 Å². The van der Waals surface area contributed by atoms with Gasteiger partial charge in [-0.2, -0.15) is 0 Å². The van der Waals surface area contributed by atoms with Crippen LogP contribution in [0.3, 0.4) is 0 Å². The van der Waals surface area contributed by atoms with Crippen molar-refractivity contribution in [1.82, 2.24) is 5.32 Å². The number of hydrogen-bond acceptors (Lipinski definition) is 3. The number of nitrogens with one attached hydrogen (secondary N) is 1. The summed E-state index contributed by atoms with van der Waals surface area (Å²) in [6.45, 7) is 2.98. The predicted octanol–water partition coefficient (Wildman–Crippen LogP) is 1.56. The molecule has 1 aromatic carbocycles. The van der Waals surface area contributed by atoms with Gasteiger partial charge in [0.15, 0.2) is 6.61 Å². The molecule has 0 atom stereocenters. The van der Waals surface area contributed by atoms with E-state index in [2.05, 4.69) is 12.2 Å². The monoisotopic (exact) mass is 234 g/mol. The summed E-state index contributed by atoms with van der Waals surface area (Å²) in [6, 6.07) is 7.01. The fraction of sp³-hybridized carbons (Fsp3) is 0.462. The third-order valence-corrected chi connectivity index (χ3v) is 3.07. The lowest BCUT2D eigenvalue weighted by atomic mass is 10.1. The molecule has 2 rings (SSSR count). The molecule has 1 fully saturated rings. The highest BCUT2D eigenvalue weighted by Gasteiger charge is 2.37. The first kappa shape index (κ1) is 11.8. The van der Waals surface area contributed by atoms with Gasteiger partial charge >= 0.3 is 0 Å². The molecule has 0 unspecified atom stereocenters. The van der Waals surface area contributed by atoms with Gasteiger partial charge in [-0.05, 0) is 42.5 Å². The van der Waals surface area contributed by atoms with Gasteiger partial charge in [0.2, 0.25) is 0 Å². The third kappa shape index (κ3) is 3.66. The summed E-state index contributed by atoms with van der Waals surface area (Å²) in [5, 5.41) is 2.88. The van der Waals surface area contributed by atoms with Crippen molar-refractivity contribution in [3.63, 3.8) is 0 Å². The highest BCUT2D eigenvalue weighted by molar-refractivity contribution is 5.77. The van der Waals surface area contributed by atoms with Crippen molar-refractivity contribution in [2.75, 3.05) is 18.9 Å². The minimum atomic E-state index is -0.0741. The van der Waals surface area contributed by atoms with Crippen LogP contribution in [0.2, 0.25) is 0 Å². The SMILES string of the molecule is CC1(CNC(=O)COc2ccc(N)cc2)CC1. The van der Waals surface area contributed by atoms with Crippen LogP contribution in [0.4, 0.5) is 5.69 Å². The molecule has 3 N–H and O–H groups in total. The lowest BCUT2D eigenvalue weighted by Crippen LogP contribution is -2.32. The second kappa shape index (κ2) is 4.65. The Morgan fingerprint density at radius 1 is 1.41 bits per heavy atom. The second-order valence-electron chi connectivity index (χ2n) is 4.95. The molecule has 17 heavy (non-hydrogen) atoms. The van der Waals surface area contributed by atoms with E-state index in [9.17, 15) is 4.79 Å². The van der Waals surface area contributed by atoms with E-state index in [1.54, 1.807) is 24.3 Å². The van der Waals surface area contributed by atoms with E-state index < -0.39 is 0 Å². The Labute approximate surface area is 101 Å². The van der Waals surface area contributed by atoms with Crippen molar-refractivity contribution in [3.8, 4) is 5.75 Å². The average molecular weight is 234 g/mol. The van der Waals surface area contributed by atoms with Crippen molar-refractivity contribution in [2.45, 2.75) is 19.8 Å². The first-order chi connectivity index (χ1) is 8.07. The number of carbonyl (C=O) groups is 1. The van der Waals surface area contributed by atoms with Gasteiger partial charge in [0.1, 0.15) is 5.75 Å². The summed E-state index contributed by atoms with van der Waals surface area (Å²) in [6.07, 6.45) is 2.40. The molecule has 0 aliphatic heterocycles. The maximum Gasteiger partial charge on any atom is 0.257 e. The number of benzene rings is 1. The second-order valence-corrected chi connectivity index (χ2v) is 4.95. The van der Waals surface area contributed by atoms with Crippen LogP contribution >= 0.6 is 0 Å². The minimum Gasteiger partial charge on any atom is -0.484 e. The van der Waals surface area contributed by atoms with Crippen LogP contribution in [-0.4, -0.2) is 19.1 Å². The zero-order valence-electron chi connectivity index (χ0n) is 10.0. The minimum absolute atomic E-state index is 0.0556. The first-order valence-electron chi connectivity index (χ1n) is 5.82. The molecule has 4 nitrogen and oxygen atoms in total. The highest BCUT2D eigenvalue weighted by atomic mass is 16.5. The quantitative estimate of drug-likeness (QED) is 0.760. The molecule has 1 aliphatic carbocycles. The summed E-state index contributed by atoms with van der Waals surface area (Å²) in [7, 11) is 0. The topological polar surface area (TPSA) is 64.3 Å². The van der Waals surface area contributed by atoms with Crippen LogP contribution in [0.25, 0.3) is 0 Å². The molecule has 0 aromatic heterocycles. The summed E-state index contributed by atoms with van der Waals surface area (Å²) in [4.78, 5) is 11.5. The Morgan fingerprint density at radius 3 is 2.65 bits per heavy atom. The van der Waals surface area contributed by atoms with Gasteiger partial charge in [-0.1, -0.05) is 6.92 Å². The number of anilines is 1. The number of rotatable bonds is 5. The molecule has 1 aromatic rings. The number of nitrogen functional groups attached to an aromatic ring is 1. The van der Waals surface area contributed by atoms with Crippen LogP contribution in [-0.2, 0) is 4.79 Å². The number of hydrogen-bond donors (Lipinski definition) is 2. The highest BCUT2D eigenvalue weighted by Crippen LogP contribution is 2.43. The summed E-state index contributed by atoms with van der Waals surface area (Å²) in [5.74, 6) is 0.585. The van der Waals surface area contributed by atoms with Crippen molar-refractivity contribution >= 4 is 11.6 Å². The smallest absolute Gasteiger partial charge is 0.257 e. The van der Waals surface area contributed by atoms with Crippen LogP contribution in [0.1, 0.15) is 19.8 Å². The Kier molecular flexibility index (Phi) is 3.22. The lowest BCUT2D eigenvalue weighted by Gasteiger charge is -2.10. The van der Waals surface area contributed by atoms with Crippen LogP contribution in [0.5, 0.6) is 5.75 Å². The number of amides is 1. The van der Waals surface area contributed by atoms with Gasteiger partial charge < -0.3 is 15.8 Å². The van der Waals surface area contributed by atoms with E-state index in [4.69, 9.17) is 10.5 Å². The van der Waals surface area contributed by atoms with Gasteiger partial charge in [-0.25, -0.2) is 0 Å².